The molecular weight excluding hydrogens is 394 g/mol. The average molecular weight is 402 g/mol. The number of anilines is 2. The Hall–Kier alpha value is -1.72. The molecule has 0 atom stereocenters. The van der Waals surface area contributed by atoms with Crippen molar-refractivity contribution >= 4 is 69.6 Å². The highest BCUT2D eigenvalue weighted by Crippen LogP contribution is 2.35. The number of nitrogens with one attached hydrogen (secondary N) is 1. The molecule has 1 heterocycles. The van der Waals surface area contributed by atoms with Crippen LogP contribution in [0.5, 0.6) is 0 Å². The highest BCUT2D eigenvalue weighted by molar-refractivity contribution is 6.54. The van der Waals surface area contributed by atoms with E-state index < -0.39 is 11.8 Å². The van der Waals surface area contributed by atoms with Crippen molar-refractivity contribution in [2.75, 3.05) is 10.2 Å². The molecule has 0 saturated carbocycles. The molecule has 0 unspecified atom stereocenters. The van der Waals surface area contributed by atoms with Crippen molar-refractivity contribution in [2.45, 2.75) is 0 Å². The quantitative estimate of drug-likeness (QED) is 0.729. The molecule has 0 aliphatic carbocycles. The molecular formula is C16H8Cl4N2O2. The minimum atomic E-state index is -0.664. The predicted octanol–water partition coefficient (Wildman–Crippen LogP) is 5.08. The van der Waals surface area contributed by atoms with E-state index in [1.807, 2.05) is 0 Å². The molecule has 3 rings (SSSR count). The molecule has 24 heavy (non-hydrogen) atoms. The maximum Gasteiger partial charge on any atom is 0.283 e. The Bertz CT molecular complexity index is 878. The van der Waals surface area contributed by atoms with Gasteiger partial charge in [0, 0.05) is 15.7 Å². The van der Waals surface area contributed by atoms with Gasteiger partial charge >= 0.3 is 0 Å². The molecule has 8 heteroatoms. The molecule has 1 aliphatic heterocycles. The lowest BCUT2D eigenvalue weighted by Crippen LogP contribution is -2.32. The first-order valence-electron chi connectivity index (χ1n) is 6.64. The summed E-state index contributed by atoms with van der Waals surface area (Å²) in [6.45, 7) is 0. The lowest BCUT2D eigenvalue weighted by Gasteiger charge is -2.16. The van der Waals surface area contributed by atoms with Gasteiger partial charge < -0.3 is 5.32 Å². The molecule has 0 spiro atoms. The van der Waals surface area contributed by atoms with Crippen LogP contribution in [0, 0.1) is 0 Å². The number of hydrogen-bond donors (Lipinski definition) is 1. The van der Waals surface area contributed by atoms with Crippen molar-refractivity contribution in [2.24, 2.45) is 0 Å². The Morgan fingerprint density at radius 3 is 2.04 bits per heavy atom. The zero-order chi connectivity index (χ0) is 17.4. The van der Waals surface area contributed by atoms with Crippen LogP contribution in [0.15, 0.2) is 53.2 Å². The topological polar surface area (TPSA) is 49.4 Å². The van der Waals surface area contributed by atoms with Crippen LogP contribution in [0.25, 0.3) is 0 Å². The van der Waals surface area contributed by atoms with Crippen molar-refractivity contribution in [3.05, 3.63) is 68.3 Å². The van der Waals surface area contributed by atoms with E-state index in [0.29, 0.717) is 15.7 Å². The molecule has 1 aliphatic rings. The van der Waals surface area contributed by atoms with E-state index in [9.17, 15) is 9.59 Å². The van der Waals surface area contributed by atoms with Crippen molar-refractivity contribution in [3.8, 4) is 0 Å². The highest BCUT2D eigenvalue weighted by Gasteiger charge is 2.39. The molecule has 0 fully saturated rings. The summed E-state index contributed by atoms with van der Waals surface area (Å²) in [6.07, 6.45) is 0. The van der Waals surface area contributed by atoms with Gasteiger partial charge in [0.1, 0.15) is 10.7 Å². The second-order valence-corrected chi connectivity index (χ2v) is 6.52. The third-order valence-corrected chi connectivity index (χ3v) is 4.43. The third-order valence-electron chi connectivity index (χ3n) is 3.29. The number of rotatable bonds is 3. The summed E-state index contributed by atoms with van der Waals surface area (Å²) in [6, 6.07) is 11.1. The lowest BCUT2D eigenvalue weighted by atomic mass is 10.3. The van der Waals surface area contributed by atoms with Crippen molar-refractivity contribution in [1.82, 2.24) is 0 Å². The van der Waals surface area contributed by atoms with Gasteiger partial charge in [-0.1, -0.05) is 46.4 Å². The SMILES string of the molecule is O=C1C(Cl)=C(Nc2ccc(Cl)cc2)C(=O)N1c1ccc(Cl)cc1Cl. The molecule has 122 valence electrons. The number of imide groups is 1. The Morgan fingerprint density at radius 2 is 1.42 bits per heavy atom. The standard InChI is InChI=1S/C16H8Cl4N2O2/c17-8-1-4-10(5-2-8)21-14-13(20)15(23)22(16(14)24)12-6-3-9(18)7-11(12)19/h1-7,21H. The van der Waals surface area contributed by atoms with Gasteiger partial charge in [-0.15, -0.1) is 0 Å². The monoisotopic (exact) mass is 400 g/mol. The zero-order valence-corrected chi connectivity index (χ0v) is 14.8. The molecule has 0 bridgehead atoms. The van der Waals surface area contributed by atoms with Crippen molar-refractivity contribution in [1.29, 1.82) is 0 Å². The molecule has 2 aromatic carbocycles. The number of carbonyl (C=O) groups excluding carboxylic acids is 2. The predicted molar refractivity (Wildman–Crippen MR) is 96.9 cm³/mol. The molecule has 0 saturated heterocycles. The summed E-state index contributed by atoms with van der Waals surface area (Å²) in [5, 5.41) is 3.72. The van der Waals surface area contributed by atoms with Crippen LogP contribution in [-0.4, -0.2) is 11.8 Å². The van der Waals surface area contributed by atoms with Gasteiger partial charge in [0.05, 0.1) is 10.7 Å². The summed E-state index contributed by atoms with van der Waals surface area (Å²) < 4.78 is 0. The van der Waals surface area contributed by atoms with Crippen LogP contribution in [0.1, 0.15) is 0 Å². The first-order chi connectivity index (χ1) is 11.4. The Morgan fingerprint density at radius 1 is 0.792 bits per heavy atom. The number of carbonyl (C=O) groups is 2. The van der Waals surface area contributed by atoms with Crippen LogP contribution < -0.4 is 10.2 Å². The lowest BCUT2D eigenvalue weighted by molar-refractivity contribution is -0.120. The van der Waals surface area contributed by atoms with Crippen LogP contribution >= 0.6 is 46.4 Å². The molecule has 0 aromatic heterocycles. The highest BCUT2D eigenvalue weighted by atomic mass is 35.5. The molecule has 4 nitrogen and oxygen atoms in total. The molecule has 0 radical (unpaired) electrons. The number of benzene rings is 2. The van der Waals surface area contributed by atoms with Gasteiger partial charge in [-0.05, 0) is 42.5 Å². The minimum Gasteiger partial charge on any atom is -0.350 e. The van der Waals surface area contributed by atoms with Crippen LogP contribution in [0.2, 0.25) is 15.1 Å². The number of halogens is 4. The zero-order valence-electron chi connectivity index (χ0n) is 11.8. The van der Waals surface area contributed by atoms with Crippen molar-refractivity contribution < 1.29 is 9.59 Å². The molecule has 2 aromatic rings. The fourth-order valence-corrected chi connectivity index (χ4v) is 3.00. The maximum atomic E-state index is 12.6. The average Bonchev–Trinajstić information content (AvgIpc) is 2.74. The summed E-state index contributed by atoms with van der Waals surface area (Å²) >= 11 is 23.8. The smallest absolute Gasteiger partial charge is 0.283 e. The van der Waals surface area contributed by atoms with Gasteiger partial charge in [0.25, 0.3) is 11.8 Å². The summed E-state index contributed by atoms with van der Waals surface area (Å²) in [4.78, 5) is 25.9. The van der Waals surface area contributed by atoms with E-state index in [4.69, 9.17) is 46.4 Å². The van der Waals surface area contributed by atoms with Gasteiger partial charge in [0.2, 0.25) is 0 Å². The van der Waals surface area contributed by atoms with E-state index in [1.165, 1.54) is 18.2 Å². The number of amides is 2. The Kier molecular flexibility index (Phi) is 4.74. The molecule has 2 amide bonds. The van der Waals surface area contributed by atoms with E-state index in [-0.39, 0.29) is 21.4 Å². The normalized spacial score (nSPS) is 14.6. The first kappa shape index (κ1) is 17.1. The van der Waals surface area contributed by atoms with Crippen LogP contribution in [0.3, 0.4) is 0 Å². The van der Waals surface area contributed by atoms with Crippen molar-refractivity contribution in [3.63, 3.8) is 0 Å². The fraction of sp³-hybridized carbons (Fsp3) is 0. The fourth-order valence-electron chi connectivity index (χ4n) is 2.17. The largest absolute Gasteiger partial charge is 0.350 e. The maximum absolute atomic E-state index is 12.6. The second kappa shape index (κ2) is 6.65. The third kappa shape index (κ3) is 3.10. The van der Waals surface area contributed by atoms with Gasteiger partial charge in [0.15, 0.2) is 0 Å². The van der Waals surface area contributed by atoms with Gasteiger partial charge in [-0.3, -0.25) is 9.59 Å². The van der Waals surface area contributed by atoms with Crippen LogP contribution in [0.4, 0.5) is 11.4 Å². The van der Waals surface area contributed by atoms with E-state index in [1.54, 1.807) is 24.3 Å². The first-order valence-corrected chi connectivity index (χ1v) is 8.16. The van der Waals surface area contributed by atoms with E-state index in [2.05, 4.69) is 5.32 Å². The summed E-state index contributed by atoms with van der Waals surface area (Å²) in [7, 11) is 0. The van der Waals surface area contributed by atoms with Gasteiger partial charge in [-0.2, -0.15) is 0 Å². The second-order valence-electron chi connectivity index (χ2n) is 4.86. The Balaban J connectivity index is 1.94. The minimum absolute atomic E-state index is 0.0324. The Labute approximate surface area is 157 Å². The number of hydrogen-bond acceptors (Lipinski definition) is 3. The summed E-state index contributed by atoms with van der Waals surface area (Å²) in [5.74, 6) is -1.27. The van der Waals surface area contributed by atoms with E-state index >= 15 is 0 Å². The van der Waals surface area contributed by atoms with E-state index in [0.717, 1.165) is 4.90 Å². The number of nitrogens with zero attached hydrogens (tertiary/aromatic N) is 1. The van der Waals surface area contributed by atoms with Gasteiger partial charge in [-0.25, -0.2) is 4.90 Å². The van der Waals surface area contributed by atoms with Crippen LogP contribution in [-0.2, 0) is 9.59 Å². The molecule has 1 N–H and O–H groups in total. The summed E-state index contributed by atoms with van der Waals surface area (Å²) in [5.41, 5.74) is 0.745.